The molecule has 0 saturated heterocycles. The first kappa shape index (κ1) is 13.9. The fourth-order valence-corrected chi connectivity index (χ4v) is 1.95. The first-order valence-corrected chi connectivity index (χ1v) is 6.62. The summed E-state index contributed by atoms with van der Waals surface area (Å²) in [6, 6.07) is 2.14. The van der Waals surface area contributed by atoms with E-state index in [4.69, 9.17) is 5.26 Å². The lowest BCUT2D eigenvalue weighted by Gasteiger charge is -2.14. The molecule has 2 aliphatic carbocycles. The van der Waals surface area contributed by atoms with Crippen molar-refractivity contribution in [3.8, 4) is 6.07 Å². The summed E-state index contributed by atoms with van der Waals surface area (Å²) in [6.07, 6.45) is 21.4. The highest BCUT2D eigenvalue weighted by molar-refractivity contribution is 5.53. The molecule has 2 heteroatoms. The molecule has 0 N–H and O–H groups in total. The van der Waals surface area contributed by atoms with Gasteiger partial charge in [0.1, 0.15) is 0 Å². The Morgan fingerprint density at radius 2 is 2.00 bits per heavy atom. The van der Waals surface area contributed by atoms with Gasteiger partial charge < -0.3 is 4.90 Å². The SMILES string of the molecule is CN(C)C1=C/C=C\CC(=C\C=C2\C=CC(C#N)=C2)/C=C\1. The molecule has 0 aromatic rings. The number of hydrogen-bond acceptors (Lipinski definition) is 2. The van der Waals surface area contributed by atoms with E-state index in [0.717, 1.165) is 12.0 Å². The number of rotatable bonds is 2. The fraction of sp³-hybridized carbons (Fsp3) is 0.167. The Morgan fingerprint density at radius 3 is 2.70 bits per heavy atom. The molecule has 0 aromatic carbocycles. The van der Waals surface area contributed by atoms with E-state index in [1.165, 1.54) is 11.3 Å². The second kappa shape index (κ2) is 6.58. The predicted octanol–water partition coefficient (Wildman–Crippen LogP) is 3.82. The maximum atomic E-state index is 8.81. The number of hydrogen-bond donors (Lipinski definition) is 0. The minimum absolute atomic E-state index is 0.709. The van der Waals surface area contributed by atoms with Gasteiger partial charge in [0, 0.05) is 19.8 Å². The molecule has 0 atom stereocenters. The maximum absolute atomic E-state index is 8.81. The summed E-state index contributed by atoms with van der Waals surface area (Å²) >= 11 is 0. The molecule has 0 amide bonds. The molecule has 100 valence electrons. The van der Waals surface area contributed by atoms with E-state index in [1.54, 1.807) is 0 Å². The molecular weight excluding hydrogens is 244 g/mol. The zero-order valence-corrected chi connectivity index (χ0v) is 11.9. The van der Waals surface area contributed by atoms with Crippen molar-refractivity contribution < 1.29 is 0 Å². The number of allylic oxidation sites excluding steroid dienone is 13. The second-order valence-corrected chi connectivity index (χ2v) is 4.90. The average molecular weight is 262 g/mol. The van der Waals surface area contributed by atoms with Crippen LogP contribution in [0, 0.1) is 11.3 Å². The van der Waals surface area contributed by atoms with E-state index in [1.807, 2.05) is 32.3 Å². The number of nitrogens with zero attached hydrogens (tertiary/aromatic N) is 2. The van der Waals surface area contributed by atoms with Gasteiger partial charge in [-0.1, -0.05) is 36.5 Å². The van der Waals surface area contributed by atoms with Gasteiger partial charge in [-0.05, 0) is 41.9 Å². The van der Waals surface area contributed by atoms with Gasteiger partial charge in [0.05, 0.1) is 11.6 Å². The molecule has 0 fully saturated rings. The lowest BCUT2D eigenvalue weighted by molar-refractivity contribution is 0.530. The van der Waals surface area contributed by atoms with Crippen molar-refractivity contribution in [2.75, 3.05) is 14.1 Å². The van der Waals surface area contributed by atoms with Crippen LogP contribution in [0.5, 0.6) is 0 Å². The van der Waals surface area contributed by atoms with Gasteiger partial charge in [-0.2, -0.15) is 5.26 Å². The quantitative estimate of drug-likeness (QED) is 0.756. The summed E-state index contributed by atoms with van der Waals surface area (Å²) in [5.41, 5.74) is 4.19. The third-order valence-electron chi connectivity index (χ3n) is 3.14. The predicted molar refractivity (Wildman–Crippen MR) is 83.7 cm³/mol. The molecule has 0 saturated carbocycles. The van der Waals surface area contributed by atoms with E-state index in [2.05, 4.69) is 53.5 Å². The topological polar surface area (TPSA) is 27.0 Å². The molecule has 0 heterocycles. The van der Waals surface area contributed by atoms with Crippen molar-refractivity contribution in [3.63, 3.8) is 0 Å². The molecule has 2 rings (SSSR count). The first-order chi connectivity index (χ1) is 9.69. The minimum atomic E-state index is 0.709. The Bertz CT molecular complexity index is 627. The van der Waals surface area contributed by atoms with E-state index in [0.29, 0.717) is 5.57 Å². The van der Waals surface area contributed by atoms with Gasteiger partial charge in [-0.25, -0.2) is 0 Å². The fourth-order valence-electron chi connectivity index (χ4n) is 1.95. The zero-order chi connectivity index (χ0) is 14.4. The van der Waals surface area contributed by atoms with E-state index in [-0.39, 0.29) is 0 Å². The van der Waals surface area contributed by atoms with Gasteiger partial charge in [0.2, 0.25) is 0 Å². The van der Waals surface area contributed by atoms with Crippen LogP contribution in [0.1, 0.15) is 6.42 Å². The van der Waals surface area contributed by atoms with Crippen LogP contribution in [0.25, 0.3) is 0 Å². The maximum Gasteiger partial charge on any atom is 0.0991 e. The van der Waals surface area contributed by atoms with Gasteiger partial charge in [-0.15, -0.1) is 0 Å². The van der Waals surface area contributed by atoms with Crippen molar-refractivity contribution in [2.45, 2.75) is 6.42 Å². The summed E-state index contributed by atoms with van der Waals surface area (Å²) in [5.74, 6) is 0. The Labute approximate surface area is 120 Å². The largest absolute Gasteiger partial charge is 0.378 e. The van der Waals surface area contributed by atoms with Crippen LogP contribution in [0.2, 0.25) is 0 Å². The first-order valence-electron chi connectivity index (χ1n) is 6.62. The molecule has 0 unspecified atom stereocenters. The lowest BCUT2D eigenvalue weighted by Crippen LogP contribution is -2.09. The normalized spacial score (nSPS) is 27.2. The number of likely N-dealkylation sites (N-methyl/N-ethyl adjacent to an activating group) is 1. The van der Waals surface area contributed by atoms with E-state index < -0.39 is 0 Å². The van der Waals surface area contributed by atoms with Crippen LogP contribution in [0.3, 0.4) is 0 Å². The summed E-state index contributed by atoms with van der Waals surface area (Å²) < 4.78 is 0. The molecular formula is C18H18N2. The van der Waals surface area contributed by atoms with Crippen LogP contribution in [0.4, 0.5) is 0 Å². The third-order valence-corrected chi connectivity index (χ3v) is 3.14. The van der Waals surface area contributed by atoms with E-state index >= 15 is 0 Å². The molecule has 0 aliphatic heterocycles. The highest BCUT2D eigenvalue weighted by Gasteiger charge is 2.00. The Hall–Kier alpha value is -2.53. The average Bonchev–Trinajstić information content (AvgIpc) is 2.85. The highest BCUT2D eigenvalue weighted by Crippen LogP contribution is 2.17. The molecule has 0 spiro atoms. The van der Waals surface area contributed by atoms with Crippen LogP contribution in [-0.2, 0) is 0 Å². The minimum Gasteiger partial charge on any atom is -0.378 e. The smallest absolute Gasteiger partial charge is 0.0991 e. The van der Waals surface area contributed by atoms with Crippen molar-refractivity contribution >= 4 is 0 Å². The van der Waals surface area contributed by atoms with Crippen molar-refractivity contribution in [1.29, 1.82) is 5.26 Å². The lowest BCUT2D eigenvalue weighted by atomic mass is 10.1. The Morgan fingerprint density at radius 1 is 1.15 bits per heavy atom. The van der Waals surface area contributed by atoms with Gasteiger partial charge in [0.25, 0.3) is 0 Å². The Kier molecular flexibility index (Phi) is 4.57. The monoisotopic (exact) mass is 262 g/mol. The van der Waals surface area contributed by atoms with Gasteiger partial charge in [-0.3, -0.25) is 0 Å². The summed E-state index contributed by atoms with van der Waals surface area (Å²) in [4.78, 5) is 2.09. The van der Waals surface area contributed by atoms with Crippen LogP contribution in [-0.4, -0.2) is 19.0 Å². The standard InChI is InChI=1S/C18H18N2/c1-20(2)18-6-4-3-5-15(11-12-18)7-8-16-9-10-17(13-16)14-19/h3-4,6-13H,5H2,1-2H3/b4-3-,12-11-,15-7+,16-8-,18-6+. The van der Waals surface area contributed by atoms with Crippen molar-refractivity contribution in [1.82, 2.24) is 4.90 Å². The molecule has 2 nitrogen and oxygen atoms in total. The highest BCUT2D eigenvalue weighted by atomic mass is 15.1. The van der Waals surface area contributed by atoms with Gasteiger partial charge in [0.15, 0.2) is 0 Å². The van der Waals surface area contributed by atoms with E-state index in [9.17, 15) is 0 Å². The summed E-state index contributed by atoms with van der Waals surface area (Å²) in [7, 11) is 4.07. The molecule has 0 aromatic heterocycles. The third kappa shape index (κ3) is 3.73. The van der Waals surface area contributed by atoms with Crippen LogP contribution in [0.15, 0.2) is 83.2 Å². The van der Waals surface area contributed by atoms with Crippen LogP contribution >= 0.6 is 0 Å². The summed E-state index contributed by atoms with van der Waals surface area (Å²) in [5, 5.41) is 8.81. The molecule has 0 bridgehead atoms. The molecule has 0 radical (unpaired) electrons. The zero-order valence-electron chi connectivity index (χ0n) is 11.9. The number of nitriles is 1. The van der Waals surface area contributed by atoms with Crippen molar-refractivity contribution in [2.24, 2.45) is 0 Å². The Balaban J connectivity index is 2.17. The van der Waals surface area contributed by atoms with Gasteiger partial charge >= 0.3 is 0 Å². The summed E-state index contributed by atoms with van der Waals surface area (Å²) in [6.45, 7) is 0. The van der Waals surface area contributed by atoms with Crippen LogP contribution < -0.4 is 0 Å². The van der Waals surface area contributed by atoms with Crippen molar-refractivity contribution in [3.05, 3.63) is 83.2 Å². The molecule has 2 aliphatic rings. The molecule has 20 heavy (non-hydrogen) atoms. The second-order valence-electron chi connectivity index (χ2n) is 4.90.